The molecule has 0 spiro atoms. The van der Waals surface area contributed by atoms with E-state index in [1.807, 2.05) is 31.2 Å². The van der Waals surface area contributed by atoms with E-state index in [0.29, 0.717) is 6.54 Å². The highest BCUT2D eigenvalue weighted by molar-refractivity contribution is 9.10. The molecule has 0 fully saturated rings. The maximum atomic E-state index is 11.4. The van der Waals surface area contributed by atoms with Crippen LogP contribution < -0.4 is 5.32 Å². The lowest BCUT2D eigenvalue weighted by Crippen LogP contribution is -2.22. The number of carbonyl (C=O) groups excluding carboxylic acids is 1. The van der Waals surface area contributed by atoms with Crippen molar-refractivity contribution < 1.29 is 4.79 Å². The molecule has 0 radical (unpaired) electrons. The Balaban J connectivity index is 2.53. The summed E-state index contributed by atoms with van der Waals surface area (Å²) in [5.74, 6) is -0.108. The number of hydrogen-bond donors (Lipinski definition) is 1. The van der Waals surface area contributed by atoms with E-state index >= 15 is 0 Å². The molecule has 0 aliphatic carbocycles. The molecule has 3 heteroatoms. The van der Waals surface area contributed by atoms with E-state index in [2.05, 4.69) is 27.8 Å². The van der Waals surface area contributed by atoms with Gasteiger partial charge in [0.1, 0.15) is 0 Å². The molecular weight excluding hydrogens is 266 g/mol. The average molecular weight is 280 g/mol. The van der Waals surface area contributed by atoms with Gasteiger partial charge in [-0.3, -0.25) is 4.79 Å². The number of benzene rings is 1. The van der Waals surface area contributed by atoms with Crippen LogP contribution in [-0.2, 0) is 4.79 Å². The Morgan fingerprint density at radius 2 is 2.31 bits per heavy atom. The first-order valence-corrected chi connectivity index (χ1v) is 5.73. The molecule has 0 heterocycles. The van der Waals surface area contributed by atoms with Gasteiger partial charge in [0, 0.05) is 17.1 Å². The number of hydrogen-bond acceptors (Lipinski definition) is 1. The molecule has 1 N–H and O–H groups in total. The van der Waals surface area contributed by atoms with Gasteiger partial charge in [0.15, 0.2) is 0 Å². The number of nitrogens with one attached hydrogen (secondary N) is 1. The fourth-order valence-corrected chi connectivity index (χ4v) is 1.50. The first-order valence-electron chi connectivity index (χ1n) is 4.94. The molecule has 1 aromatic carbocycles. The van der Waals surface area contributed by atoms with Crippen LogP contribution in [0.15, 0.2) is 47.0 Å². The second kappa shape index (κ2) is 6.28. The molecule has 0 bridgehead atoms. The maximum absolute atomic E-state index is 11.4. The highest BCUT2D eigenvalue weighted by atomic mass is 79.9. The lowest BCUT2D eigenvalue weighted by Gasteiger charge is -2.00. The molecular formula is C13H14BrNO. The average Bonchev–Trinajstić information content (AvgIpc) is 2.23. The second-order valence-corrected chi connectivity index (χ2v) is 4.48. The third-order valence-electron chi connectivity index (χ3n) is 1.84. The molecule has 0 atom stereocenters. The molecule has 0 unspecified atom stereocenters. The van der Waals surface area contributed by atoms with Gasteiger partial charge in [0.2, 0.25) is 5.91 Å². The van der Waals surface area contributed by atoms with E-state index in [0.717, 1.165) is 15.6 Å². The zero-order valence-corrected chi connectivity index (χ0v) is 10.8. The van der Waals surface area contributed by atoms with Gasteiger partial charge in [-0.2, -0.15) is 0 Å². The van der Waals surface area contributed by atoms with Crippen LogP contribution in [0.4, 0.5) is 0 Å². The molecule has 0 saturated carbocycles. The van der Waals surface area contributed by atoms with Gasteiger partial charge >= 0.3 is 0 Å². The Labute approximate surface area is 104 Å². The Morgan fingerprint density at radius 1 is 1.56 bits per heavy atom. The van der Waals surface area contributed by atoms with Crippen molar-refractivity contribution in [3.8, 4) is 0 Å². The van der Waals surface area contributed by atoms with Crippen LogP contribution >= 0.6 is 15.9 Å². The molecule has 2 nitrogen and oxygen atoms in total. The molecule has 16 heavy (non-hydrogen) atoms. The predicted molar refractivity (Wildman–Crippen MR) is 71.0 cm³/mol. The molecule has 0 saturated heterocycles. The largest absolute Gasteiger partial charge is 0.349 e. The number of amides is 1. The topological polar surface area (TPSA) is 29.1 Å². The highest BCUT2D eigenvalue weighted by Crippen LogP contribution is 2.12. The summed E-state index contributed by atoms with van der Waals surface area (Å²) in [5.41, 5.74) is 1.92. The summed E-state index contributed by atoms with van der Waals surface area (Å²) in [6.45, 7) is 6.10. The van der Waals surface area contributed by atoms with Gasteiger partial charge in [-0.05, 0) is 30.7 Å². The van der Waals surface area contributed by atoms with Crippen molar-refractivity contribution >= 4 is 27.9 Å². The van der Waals surface area contributed by atoms with Gasteiger partial charge in [0.25, 0.3) is 0 Å². The third-order valence-corrected chi connectivity index (χ3v) is 2.33. The van der Waals surface area contributed by atoms with Crippen molar-refractivity contribution in [1.82, 2.24) is 5.32 Å². The summed E-state index contributed by atoms with van der Waals surface area (Å²) in [7, 11) is 0. The van der Waals surface area contributed by atoms with E-state index in [1.54, 1.807) is 6.08 Å². The number of rotatable bonds is 4. The van der Waals surface area contributed by atoms with Crippen molar-refractivity contribution in [3.63, 3.8) is 0 Å². The van der Waals surface area contributed by atoms with Crippen LogP contribution in [0.1, 0.15) is 12.5 Å². The Morgan fingerprint density at radius 3 is 2.94 bits per heavy atom. The summed E-state index contributed by atoms with van der Waals surface area (Å²) < 4.78 is 0.997. The lowest BCUT2D eigenvalue weighted by atomic mass is 10.2. The summed E-state index contributed by atoms with van der Waals surface area (Å²) in [4.78, 5) is 11.4. The maximum Gasteiger partial charge on any atom is 0.244 e. The van der Waals surface area contributed by atoms with Gasteiger partial charge in [-0.25, -0.2) is 0 Å². The van der Waals surface area contributed by atoms with Crippen LogP contribution in [0.3, 0.4) is 0 Å². The second-order valence-electron chi connectivity index (χ2n) is 3.56. The molecule has 1 rings (SSSR count). The minimum Gasteiger partial charge on any atom is -0.349 e. The monoisotopic (exact) mass is 279 g/mol. The standard InChI is InChI=1S/C13H14BrNO/c1-10(2)9-15-13(16)7-6-11-4-3-5-12(14)8-11/h3-8H,1,9H2,2H3,(H,15,16)/b7-6+. The van der Waals surface area contributed by atoms with Crippen molar-refractivity contribution in [1.29, 1.82) is 0 Å². The Kier molecular flexibility index (Phi) is 4.99. The third kappa shape index (κ3) is 4.94. The van der Waals surface area contributed by atoms with E-state index in [4.69, 9.17) is 0 Å². The summed E-state index contributed by atoms with van der Waals surface area (Å²) in [6.07, 6.45) is 3.29. The summed E-state index contributed by atoms with van der Waals surface area (Å²) in [6, 6.07) is 7.75. The minimum absolute atomic E-state index is 0.108. The van der Waals surface area contributed by atoms with Crippen molar-refractivity contribution in [2.24, 2.45) is 0 Å². The molecule has 0 aromatic heterocycles. The molecule has 1 amide bonds. The van der Waals surface area contributed by atoms with Crippen molar-refractivity contribution in [2.75, 3.05) is 6.54 Å². The summed E-state index contributed by atoms with van der Waals surface area (Å²) >= 11 is 3.37. The van der Waals surface area contributed by atoms with Gasteiger partial charge < -0.3 is 5.32 Å². The normalized spacial score (nSPS) is 10.4. The van der Waals surface area contributed by atoms with Crippen LogP contribution in [-0.4, -0.2) is 12.5 Å². The SMILES string of the molecule is C=C(C)CNC(=O)/C=C/c1cccc(Br)c1. The van der Waals surface area contributed by atoms with Crippen LogP contribution in [0.25, 0.3) is 6.08 Å². The van der Waals surface area contributed by atoms with Crippen LogP contribution in [0, 0.1) is 0 Å². The zero-order valence-electron chi connectivity index (χ0n) is 9.16. The smallest absolute Gasteiger partial charge is 0.244 e. The minimum atomic E-state index is -0.108. The fourth-order valence-electron chi connectivity index (χ4n) is 1.08. The molecule has 1 aromatic rings. The molecule has 84 valence electrons. The van der Waals surface area contributed by atoms with Crippen LogP contribution in [0.2, 0.25) is 0 Å². The van der Waals surface area contributed by atoms with E-state index < -0.39 is 0 Å². The fraction of sp³-hybridized carbons (Fsp3) is 0.154. The van der Waals surface area contributed by atoms with Gasteiger partial charge in [0.05, 0.1) is 0 Å². The van der Waals surface area contributed by atoms with Gasteiger partial charge in [-0.1, -0.05) is 40.2 Å². The van der Waals surface area contributed by atoms with Crippen molar-refractivity contribution in [3.05, 3.63) is 52.5 Å². The first-order chi connectivity index (χ1) is 7.58. The summed E-state index contributed by atoms with van der Waals surface area (Å²) in [5, 5.41) is 2.73. The zero-order chi connectivity index (χ0) is 12.0. The Bertz CT molecular complexity index is 424. The lowest BCUT2D eigenvalue weighted by molar-refractivity contribution is -0.116. The first kappa shape index (κ1) is 12.7. The number of carbonyl (C=O) groups is 1. The van der Waals surface area contributed by atoms with Gasteiger partial charge in [-0.15, -0.1) is 0 Å². The molecule has 0 aliphatic rings. The molecule has 0 aliphatic heterocycles. The predicted octanol–water partition coefficient (Wildman–Crippen LogP) is 3.15. The highest BCUT2D eigenvalue weighted by Gasteiger charge is 1.94. The number of halogens is 1. The Hall–Kier alpha value is -1.35. The van der Waals surface area contributed by atoms with E-state index in [9.17, 15) is 4.79 Å². The van der Waals surface area contributed by atoms with E-state index in [-0.39, 0.29) is 5.91 Å². The quantitative estimate of drug-likeness (QED) is 0.666. The van der Waals surface area contributed by atoms with E-state index in [1.165, 1.54) is 6.08 Å². The van der Waals surface area contributed by atoms with Crippen LogP contribution in [0.5, 0.6) is 0 Å². The van der Waals surface area contributed by atoms with Crippen molar-refractivity contribution in [2.45, 2.75) is 6.92 Å².